The minimum absolute atomic E-state index is 0.00775. The van der Waals surface area contributed by atoms with Crippen molar-refractivity contribution in [3.05, 3.63) is 58.6 Å². The third kappa shape index (κ3) is 3.94. The molecule has 6 nitrogen and oxygen atoms in total. The number of nitro groups is 1. The van der Waals surface area contributed by atoms with Crippen LogP contribution >= 0.6 is 23.2 Å². The highest BCUT2D eigenvalue weighted by molar-refractivity contribution is 8.04. The molecular formula is C16H14N3O3S2-. The van der Waals surface area contributed by atoms with E-state index in [1.54, 1.807) is 43.4 Å². The van der Waals surface area contributed by atoms with E-state index in [-0.39, 0.29) is 10.9 Å². The van der Waals surface area contributed by atoms with E-state index in [1.165, 1.54) is 17.1 Å². The molecule has 0 saturated carbocycles. The number of hydrogen-bond donors (Lipinski definition) is 0. The Morgan fingerprint density at radius 2 is 1.92 bits per heavy atom. The van der Waals surface area contributed by atoms with Crippen molar-refractivity contribution in [1.29, 1.82) is 0 Å². The van der Waals surface area contributed by atoms with Gasteiger partial charge in [0.05, 0.1) is 10.6 Å². The normalized spacial score (nSPS) is 10.2. The first-order valence-electron chi connectivity index (χ1n) is 6.85. The lowest BCUT2D eigenvalue weighted by Gasteiger charge is -2.36. The maximum Gasteiger partial charge on any atom is 0.270 e. The maximum atomic E-state index is 12.4. The fraction of sp³-hybridized carbons (Fsp3) is 0.125. The summed E-state index contributed by atoms with van der Waals surface area (Å²) < 4.78 is 2.35. The number of anilines is 1. The van der Waals surface area contributed by atoms with Crippen LogP contribution in [0.15, 0.2) is 48.5 Å². The molecule has 0 saturated heterocycles. The van der Waals surface area contributed by atoms with Crippen LogP contribution in [-0.2, 0) is 0 Å². The predicted octanol–water partition coefficient (Wildman–Crippen LogP) is 2.56. The first kappa shape index (κ1) is 18.0. The molecule has 124 valence electrons. The zero-order valence-electron chi connectivity index (χ0n) is 13.0. The Kier molecular flexibility index (Phi) is 5.97. The lowest BCUT2D eigenvalue weighted by Crippen LogP contribution is -2.47. The van der Waals surface area contributed by atoms with E-state index in [9.17, 15) is 15.2 Å². The average molecular weight is 360 g/mol. The van der Waals surface area contributed by atoms with E-state index in [2.05, 4.69) is 16.5 Å². The van der Waals surface area contributed by atoms with E-state index >= 15 is 0 Å². The van der Waals surface area contributed by atoms with Crippen LogP contribution in [0.5, 0.6) is 0 Å². The van der Waals surface area contributed by atoms with Crippen molar-refractivity contribution in [3.8, 4) is 11.1 Å². The molecule has 0 atom stereocenters. The number of hydrogen-bond acceptors (Lipinski definition) is 5. The van der Waals surface area contributed by atoms with E-state index < -0.39 is 4.92 Å². The number of hydrazine groups is 1. The van der Waals surface area contributed by atoms with Gasteiger partial charge in [0.15, 0.2) is 0 Å². The summed E-state index contributed by atoms with van der Waals surface area (Å²) in [4.78, 5) is 10.6. The molecule has 2 aromatic rings. The zero-order chi connectivity index (χ0) is 17.7. The van der Waals surface area contributed by atoms with Gasteiger partial charge in [-0.1, -0.05) is 41.3 Å². The van der Waals surface area contributed by atoms with Gasteiger partial charge in [0.1, 0.15) is 0 Å². The van der Waals surface area contributed by atoms with Crippen molar-refractivity contribution in [3.63, 3.8) is 0 Å². The minimum atomic E-state index is -0.446. The van der Waals surface area contributed by atoms with Gasteiger partial charge in [-0.25, -0.2) is 5.01 Å². The molecule has 0 aromatic heterocycles. The summed E-state index contributed by atoms with van der Waals surface area (Å²) in [5.41, 5.74) is 1.95. The second-order valence-electron chi connectivity index (χ2n) is 4.93. The average Bonchev–Trinajstić information content (AvgIpc) is 2.55. The molecule has 0 aliphatic heterocycles. The van der Waals surface area contributed by atoms with Gasteiger partial charge in [-0.3, -0.25) is 15.1 Å². The van der Waals surface area contributed by atoms with Gasteiger partial charge in [-0.2, -0.15) is 0 Å². The summed E-state index contributed by atoms with van der Waals surface area (Å²) in [6, 6.07) is 13.5. The van der Waals surface area contributed by atoms with Crippen LogP contribution < -0.4 is 10.1 Å². The summed E-state index contributed by atoms with van der Waals surface area (Å²) >= 11 is 4.63. The summed E-state index contributed by atoms with van der Waals surface area (Å²) in [5.74, 6) is 0. The van der Waals surface area contributed by atoms with Gasteiger partial charge in [0.25, 0.3) is 5.69 Å². The highest BCUT2D eigenvalue weighted by Gasteiger charge is 2.15. The molecule has 0 amide bonds. The van der Waals surface area contributed by atoms with Crippen molar-refractivity contribution in [1.82, 2.24) is 5.01 Å². The molecule has 0 spiro atoms. The van der Waals surface area contributed by atoms with Gasteiger partial charge < -0.3 is 5.11 Å². The highest BCUT2D eigenvalue weighted by Crippen LogP contribution is 2.32. The molecule has 2 rings (SSSR count). The molecule has 0 aliphatic rings. The fourth-order valence-corrected chi connectivity index (χ4v) is 2.88. The summed E-state index contributed by atoms with van der Waals surface area (Å²) in [5, 5.41) is 26.1. The lowest BCUT2D eigenvalue weighted by atomic mass is 10.0. The molecule has 0 aliphatic carbocycles. The molecule has 24 heavy (non-hydrogen) atoms. The molecule has 0 N–H and O–H groups in total. The van der Waals surface area contributed by atoms with E-state index in [1.807, 2.05) is 12.1 Å². The van der Waals surface area contributed by atoms with Crippen LogP contribution in [0.3, 0.4) is 0 Å². The number of non-ortho nitro benzene ring substituents is 1. The van der Waals surface area contributed by atoms with Gasteiger partial charge >= 0.3 is 0 Å². The molecule has 0 unspecified atom stereocenters. The quantitative estimate of drug-likeness (QED) is 0.474. The van der Waals surface area contributed by atoms with Crippen LogP contribution in [0.4, 0.5) is 11.4 Å². The van der Waals surface area contributed by atoms with Crippen molar-refractivity contribution in [2.75, 3.05) is 19.1 Å². The largest absolute Gasteiger partial charge is 0.804 e. The second kappa shape index (κ2) is 7.96. The Hall–Kier alpha value is -2.35. The fourth-order valence-electron chi connectivity index (χ4n) is 2.25. The Morgan fingerprint density at radius 1 is 1.21 bits per heavy atom. The van der Waals surface area contributed by atoms with Gasteiger partial charge in [0, 0.05) is 41.3 Å². The van der Waals surface area contributed by atoms with Crippen LogP contribution in [0, 0.1) is 10.1 Å². The first-order valence-corrected chi connectivity index (χ1v) is 8.07. The van der Waals surface area contributed by atoms with Gasteiger partial charge in [0.2, 0.25) is 0 Å². The van der Waals surface area contributed by atoms with Crippen LogP contribution in [0.2, 0.25) is 0 Å². The molecule has 8 heteroatoms. The van der Waals surface area contributed by atoms with E-state index in [4.69, 9.17) is 0 Å². The number of para-hydroxylation sites is 1. The lowest BCUT2D eigenvalue weighted by molar-refractivity contribution is -0.384. The number of nitro benzene ring substituents is 1. The predicted molar refractivity (Wildman–Crippen MR) is 99.9 cm³/mol. The maximum absolute atomic E-state index is 12.4. The monoisotopic (exact) mass is 360 g/mol. The third-order valence-corrected chi connectivity index (χ3v) is 3.88. The van der Waals surface area contributed by atoms with Gasteiger partial charge in [-0.05, 0) is 23.8 Å². The van der Waals surface area contributed by atoms with Gasteiger partial charge in [-0.15, -0.1) is 0 Å². The zero-order valence-corrected chi connectivity index (χ0v) is 14.6. The molecule has 0 bridgehead atoms. The smallest absolute Gasteiger partial charge is 0.270 e. The highest BCUT2D eigenvalue weighted by atomic mass is 32.1. The summed E-state index contributed by atoms with van der Waals surface area (Å²) in [7, 11) is 4.23. The minimum Gasteiger partial charge on any atom is -0.804 e. The third-order valence-electron chi connectivity index (χ3n) is 3.20. The molecule has 2 aromatic carbocycles. The van der Waals surface area contributed by atoms with Crippen molar-refractivity contribution in [2.24, 2.45) is 0 Å². The van der Waals surface area contributed by atoms with Crippen molar-refractivity contribution in [2.45, 2.75) is 0 Å². The summed E-state index contributed by atoms with van der Waals surface area (Å²) in [6.07, 6.45) is 0. The topological polar surface area (TPSA) is 72.7 Å². The standard InChI is InChI=1S/C16H15N3O3S2/c1-17(2)18(16(20)24-11-23)15-9-4-3-8-14(15)12-6-5-7-13(10-12)19(21)22/h3-10,20H,1-2H3/p-1. The number of nitrogens with zero attached hydrogens (tertiary/aromatic N) is 3. The Labute approximate surface area is 148 Å². The Morgan fingerprint density at radius 3 is 2.54 bits per heavy atom. The van der Waals surface area contributed by atoms with E-state index in [0.717, 1.165) is 10.9 Å². The molecular weight excluding hydrogens is 346 g/mol. The number of rotatable bonds is 4. The molecule has 0 fully saturated rings. The molecule has 0 heterocycles. The first-order chi connectivity index (χ1) is 11.5. The SMILES string of the molecule is CN(C)N(C([O-])=S=C=S)c1ccccc1-c1cccc([N+](=O)[O-])c1. The number of benzene rings is 2. The second-order valence-corrected chi connectivity index (χ2v) is 6.15. The van der Waals surface area contributed by atoms with Crippen LogP contribution in [0.25, 0.3) is 11.1 Å². The van der Waals surface area contributed by atoms with E-state index in [0.29, 0.717) is 16.8 Å². The van der Waals surface area contributed by atoms with Crippen LogP contribution in [0.1, 0.15) is 0 Å². The number of thiocarbonyl (C=S) groups is 1. The Balaban J connectivity index is 2.66. The van der Waals surface area contributed by atoms with Crippen LogP contribution in [-0.4, -0.2) is 33.5 Å². The summed E-state index contributed by atoms with van der Waals surface area (Å²) in [6.45, 7) is 0. The van der Waals surface area contributed by atoms with Crippen molar-refractivity contribution >= 4 is 44.0 Å². The Bertz CT molecular complexity index is 857. The molecule has 0 radical (unpaired) electrons. The van der Waals surface area contributed by atoms with Crippen molar-refractivity contribution < 1.29 is 10.0 Å².